The molecule has 0 aliphatic carbocycles. The van der Waals surface area contributed by atoms with Crippen molar-refractivity contribution in [3.63, 3.8) is 0 Å². The van der Waals surface area contributed by atoms with E-state index in [4.69, 9.17) is 16.3 Å². The molecule has 27 heavy (non-hydrogen) atoms. The maximum Gasteiger partial charge on any atom is 0.387 e. The highest BCUT2D eigenvalue weighted by Gasteiger charge is 2.24. The Hall–Kier alpha value is -2.73. The first kappa shape index (κ1) is 19.0. The number of hydrogen-bond donors (Lipinski definition) is 1. The molecule has 0 radical (unpaired) electrons. The zero-order valence-electron chi connectivity index (χ0n) is 13.4. The van der Waals surface area contributed by atoms with Crippen molar-refractivity contribution in [2.75, 3.05) is 11.8 Å². The van der Waals surface area contributed by atoms with Gasteiger partial charge < -0.3 is 9.47 Å². The second-order valence-electron chi connectivity index (χ2n) is 4.98. The topological polar surface area (TPSA) is 94.8 Å². The SMILES string of the molecule is COc1nc(NS(=O)(=O)c2cnc3cc(Cl)ccn23)c(F)cc1OC(F)F. The van der Waals surface area contributed by atoms with Crippen LogP contribution in [0, 0.1) is 5.82 Å². The van der Waals surface area contributed by atoms with Gasteiger partial charge in [0.05, 0.1) is 13.3 Å². The minimum absolute atomic E-state index is 0.245. The van der Waals surface area contributed by atoms with Gasteiger partial charge in [-0.25, -0.2) is 9.37 Å². The van der Waals surface area contributed by atoms with Gasteiger partial charge in [-0.15, -0.1) is 0 Å². The van der Waals surface area contributed by atoms with Gasteiger partial charge in [0.1, 0.15) is 5.65 Å². The van der Waals surface area contributed by atoms with Crippen LogP contribution < -0.4 is 14.2 Å². The van der Waals surface area contributed by atoms with Crippen LogP contribution >= 0.6 is 11.6 Å². The van der Waals surface area contributed by atoms with Gasteiger partial charge in [-0.2, -0.15) is 22.2 Å². The average Bonchev–Trinajstić information content (AvgIpc) is 3.00. The van der Waals surface area contributed by atoms with Crippen molar-refractivity contribution >= 4 is 33.1 Å². The maximum absolute atomic E-state index is 14.1. The Bertz CT molecular complexity index is 1110. The van der Waals surface area contributed by atoms with E-state index in [1.807, 2.05) is 4.72 Å². The lowest BCUT2D eigenvalue weighted by Crippen LogP contribution is -2.17. The van der Waals surface area contributed by atoms with Crippen LogP contribution in [0.15, 0.2) is 35.6 Å². The van der Waals surface area contributed by atoms with Gasteiger partial charge in [-0.3, -0.25) is 9.12 Å². The fraction of sp³-hybridized carbons (Fsp3) is 0.143. The molecule has 0 fully saturated rings. The van der Waals surface area contributed by atoms with Gasteiger partial charge in [0.25, 0.3) is 15.9 Å². The highest BCUT2D eigenvalue weighted by atomic mass is 35.5. The molecule has 144 valence electrons. The van der Waals surface area contributed by atoms with Gasteiger partial charge in [0.2, 0.25) is 0 Å². The molecular weight excluding hydrogens is 413 g/mol. The van der Waals surface area contributed by atoms with Crippen LogP contribution in [0.3, 0.4) is 0 Å². The fourth-order valence-electron chi connectivity index (χ4n) is 2.16. The van der Waals surface area contributed by atoms with Crippen molar-refractivity contribution in [2.45, 2.75) is 11.6 Å². The second kappa shape index (κ2) is 7.12. The molecule has 0 spiro atoms. The molecule has 0 saturated carbocycles. The van der Waals surface area contributed by atoms with Crippen LogP contribution in [0.1, 0.15) is 0 Å². The van der Waals surface area contributed by atoms with E-state index in [0.717, 1.165) is 13.3 Å². The van der Waals surface area contributed by atoms with Crippen molar-refractivity contribution in [3.05, 3.63) is 41.4 Å². The predicted octanol–water partition coefficient (Wildman–Crippen LogP) is 2.93. The number of imidazole rings is 1. The van der Waals surface area contributed by atoms with Crippen molar-refractivity contribution in [1.29, 1.82) is 0 Å². The molecule has 0 unspecified atom stereocenters. The van der Waals surface area contributed by atoms with E-state index in [-0.39, 0.29) is 10.7 Å². The number of ether oxygens (including phenoxy) is 2. The second-order valence-corrected chi connectivity index (χ2v) is 7.05. The quantitative estimate of drug-likeness (QED) is 0.656. The summed E-state index contributed by atoms with van der Waals surface area (Å²) in [6, 6.07) is 3.40. The molecule has 0 atom stereocenters. The summed E-state index contributed by atoms with van der Waals surface area (Å²) in [7, 11) is -3.26. The molecule has 13 heteroatoms. The van der Waals surface area contributed by atoms with Crippen LogP contribution in [-0.2, 0) is 10.0 Å². The summed E-state index contributed by atoms with van der Waals surface area (Å²) in [5.74, 6) is -3.22. The molecule has 0 aromatic carbocycles. The number of aromatic nitrogens is 3. The van der Waals surface area contributed by atoms with Crippen molar-refractivity contribution in [2.24, 2.45) is 0 Å². The van der Waals surface area contributed by atoms with E-state index < -0.39 is 39.9 Å². The third kappa shape index (κ3) is 3.85. The summed E-state index contributed by atoms with van der Waals surface area (Å²) < 4.78 is 75.9. The summed E-state index contributed by atoms with van der Waals surface area (Å²) in [5, 5.41) is 0.0271. The lowest BCUT2D eigenvalue weighted by molar-refractivity contribution is -0.0517. The first-order chi connectivity index (χ1) is 12.7. The summed E-state index contributed by atoms with van der Waals surface area (Å²) >= 11 is 5.82. The van der Waals surface area contributed by atoms with Gasteiger partial charge in [0, 0.05) is 23.4 Å². The number of anilines is 1. The minimum atomic E-state index is -4.33. The third-order valence-corrected chi connectivity index (χ3v) is 4.82. The van der Waals surface area contributed by atoms with Gasteiger partial charge >= 0.3 is 6.61 Å². The highest BCUT2D eigenvalue weighted by molar-refractivity contribution is 7.92. The summed E-state index contributed by atoms with van der Waals surface area (Å²) in [5.41, 5.74) is 0.245. The molecular formula is C14H10ClF3N4O4S. The number of alkyl halides is 2. The lowest BCUT2D eigenvalue weighted by Gasteiger charge is -2.12. The Labute approximate surface area is 155 Å². The summed E-state index contributed by atoms with van der Waals surface area (Å²) in [6.07, 6.45) is 2.40. The third-order valence-electron chi connectivity index (χ3n) is 3.27. The van der Waals surface area contributed by atoms with Gasteiger partial charge in [0.15, 0.2) is 22.4 Å². The molecule has 1 N–H and O–H groups in total. The molecule has 0 aliphatic rings. The van der Waals surface area contributed by atoms with Gasteiger partial charge in [-0.05, 0) is 6.07 Å². The first-order valence-electron chi connectivity index (χ1n) is 7.06. The molecule has 0 bridgehead atoms. The van der Waals surface area contributed by atoms with E-state index >= 15 is 0 Å². The first-order valence-corrected chi connectivity index (χ1v) is 8.92. The number of halogens is 4. The van der Waals surface area contributed by atoms with E-state index in [0.29, 0.717) is 11.1 Å². The number of nitrogens with zero attached hydrogens (tertiary/aromatic N) is 3. The van der Waals surface area contributed by atoms with Crippen molar-refractivity contribution < 1.29 is 31.1 Å². The summed E-state index contributed by atoms with van der Waals surface area (Å²) in [6.45, 7) is -3.24. The Morgan fingerprint density at radius 3 is 2.74 bits per heavy atom. The number of pyridine rings is 2. The fourth-order valence-corrected chi connectivity index (χ4v) is 3.43. The van der Waals surface area contributed by atoms with E-state index in [1.165, 1.54) is 22.7 Å². The number of fused-ring (bicyclic) bond motifs is 1. The predicted molar refractivity (Wildman–Crippen MR) is 88.4 cm³/mol. The van der Waals surface area contributed by atoms with E-state index in [2.05, 4.69) is 14.7 Å². The zero-order valence-corrected chi connectivity index (χ0v) is 14.9. The van der Waals surface area contributed by atoms with Crippen molar-refractivity contribution in [1.82, 2.24) is 14.4 Å². The number of rotatable bonds is 6. The van der Waals surface area contributed by atoms with Crippen LogP contribution in [0.25, 0.3) is 5.65 Å². The smallest absolute Gasteiger partial charge is 0.387 e. The van der Waals surface area contributed by atoms with Crippen molar-refractivity contribution in [3.8, 4) is 11.6 Å². The van der Waals surface area contributed by atoms with Crippen LogP contribution in [0.4, 0.5) is 19.0 Å². The Morgan fingerprint density at radius 2 is 2.07 bits per heavy atom. The highest BCUT2D eigenvalue weighted by Crippen LogP contribution is 2.31. The number of nitrogens with one attached hydrogen (secondary N) is 1. The molecule has 3 aromatic rings. The normalized spacial score (nSPS) is 11.8. The monoisotopic (exact) mass is 422 g/mol. The van der Waals surface area contributed by atoms with E-state index in [1.54, 1.807) is 0 Å². The molecule has 3 heterocycles. The Morgan fingerprint density at radius 1 is 1.33 bits per heavy atom. The molecule has 0 saturated heterocycles. The number of methoxy groups -OCH3 is 1. The molecule has 0 amide bonds. The largest absolute Gasteiger partial charge is 0.478 e. The standard InChI is InChI=1S/C14H10ClF3N4O4S/c1-25-13-9(26-14(17)18)5-8(16)12(20-13)21-27(23,24)11-6-19-10-4-7(15)2-3-22(10)11/h2-6,14H,1H3,(H,20,21). The molecule has 8 nitrogen and oxygen atoms in total. The number of hydrogen-bond acceptors (Lipinski definition) is 6. The van der Waals surface area contributed by atoms with Crippen LogP contribution in [-0.4, -0.2) is 36.5 Å². The summed E-state index contributed by atoms with van der Waals surface area (Å²) in [4.78, 5) is 7.44. The van der Waals surface area contributed by atoms with Crippen LogP contribution in [0.5, 0.6) is 11.6 Å². The number of sulfonamides is 1. The Balaban J connectivity index is 2.00. The maximum atomic E-state index is 14.1. The molecule has 3 rings (SSSR count). The molecule has 0 aliphatic heterocycles. The zero-order chi connectivity index (χ0) is 19.8. The van der Waals surface area contributed by atoms with E-state index in [9.17, 15) is 21.6 Å². The minimum Gasteiger partial charge on any atom is -0.478 e. The molecule has 3 aromatic heterocycles. The lowest BCUT2D eigenvalue weighted by atomic mass is 10.4. The Kier molecular flexibility index (Phi) is 5.02. The van der Waals surface area contributed by atoms with Crippen LogP contribution in [0.2, 0.25) is 5.02 Å². The van der Waals surface area contributed by atoms with Gasteiger partial charge in [-0.1, -0.05) is 11.6 Å². The average molecular weight is 423 g/mol.